The molecule has 0 aliphatic rings. The van der Waals surface area contributed by atoms with Crippen LogP contribution in [0.2, 0.25) is 0 Å². The molecule has 4 nitrogen and oxygen atoms in total. The Labute approximate surface area is 69.9 Å². The molecule has 12 heavy (non-hydrogen) atoms. The van der Waals surface area contributed by atoms with Crippen molar-refractivity contribution in [3.05, 3.63) is 17.8 Å². The molecule has 0 spiro atoms. The van der Waals surface area contributed by atoms with Gasteiger partial charge in [0.2, 0.25) is 5.88 Å². The van der Waals surface area contributed by atoms with Gasteiger partial charge in [-0.25, -0.2) is 4.98 Å². The zero-order valence-corrected chi connectivity index (χ0v) is 6.65. The smallest absolute Gasteiger partial charge is 0.240 e. The van der Waals surface area contributed by atoms with Crippen molar-refractivity contribution >= 4 is 18.7 Å². The summed E-state index contributed by atoms with van der Waals surface area (Å²) in [6, 6.07) is 1.56. The van der Waals surface area contributed by atoms with E-state index >= 15 is 0 Å². The molecule has 0 bridgehead atoms. The number of rotatable bonds is 3. The number of hydrogen-bond acceptors (Lipinski definition) is 4. The van der Waals surface area contributed by atoms with Crippen molar-refractivity contribution in [1.29, 1.82) is 0 Å². The van der Waals surface area contributed by atoms with Crippen LogP contribution in [0.3, 0.4) is 0 Å². The molecule has 0 fully saturated rings. The predicted molar refractivity (Wildman–Crippen MR) is 45.4 cm³/mol. The number of methoxy groups -OCH3 is 1. The Hall–Kier alpha value is -1.71. The van der Waals surface area contributed by atoms with E-state index in [9.17, 15) is 4.79 Å². The van der Waals surface area contributed by atoms with Crippen LogP contribution in [-0.4, -0.2) is 25.1 Å². The van der Waals surface area contributed by atoms with Crippen LogP contribution in [0.25, 0.3) is 0 Å². The summed E-state index contributed by atoms with van der Waals surface area (Å²) in [5.74, 6) is 0.314. The summed E-state index contributed by atoms with van der Waals surface area (Å²) in [7, 11) is 1.46. The molecule has 1 heterocycles. The average molecular weight is 164 g/mol. The van der Waals surface area contributed by atoms with E-state index in [1.807, 2.05) is 0 Å². The molecule has 0 unspecified atom stereocenters. The van der Waals surface area contributed by atoms with E-state index in [0.717, 1.165) is 0 Å². The number of nitrogens with zero attached hydrogens (tertiary/aromatic N) is 2. The lowest BCUT2D eigenvalue weighted by atomic mass is 10.2. The maximum Gasteiger partial charge on any atom is 0.240 e. The fourth-order valence-corrected chi connectivity index (χ4v) is 0.852. The van der Waals surface area contributed by atoms with Crippen LogP contribution in [0.1, 0.15) is 10.4 Å². The van der Waals surface area contributed by atoms with Crippen molar-refractivity contribution in [3.8, 4) is 5.88 Å². The van der Waals surface area contributed by atoms with E-state index in [4.69, 9.17) is 4.74 Å². The van der Waals surface area contributed by atoms with Gasteiger partial charge in [-0.15, -0.1) is 0 Å². The number of aliphatic imine (C=N–C) groups is 1. The largest absolute Gasteiger partial charge is 0.479 e. The summed E-state index contributed by atoms with van der Waals surface area (Å²) in [6.07, 6.45) is 2.17. The highest BCUT2D eigenvalue weighted by molar-refractivity contribution is 5.85. The quantitative estimate of drug-likeness (QED) is 0.498. The third-order valence-corrected chi connectivity index (χ3v) is 1.40. The second-order valence-corrected chi connectivity index (χ2v) is 2.03. The predicted octanol–water partition coefficient (Wildman–Crippen LogP) is 1.23. The Bertz CT molecular complexity index is 310. The molecule has 0 saturated carbocycles. The van der Waals surface area contributed by atoms with Crippen molar-refractivity contribution in [2.24, 2.45) is 4.99 Å². The molecule has 0 amide bonds. The number of hydrogen-bond donors (Lipinski definition) is 0. The van der Waals surface area contributed by atoms with Crippen LogP contribution in [0, 0.1) is 0 Å². The molecule has 0 radical (unpaired) electrons. The highest BCUT2D eigenvalue weighted by Gasteiger charge is 2.06. The van der Waals surface area contributed by atoms with Crippen molar-refractivity contribution < 1.29 is 9.53 Å². The minimum Gasteiger partial charge on any atom is -0.479 e. The van der Waals surface area contributed by atoms with E-state index in [-0.39, 0.29) is 0 Å². The van der Waals surface area contributed by atoms with Gasteiger partial charge in [-0.3, -0.25) is 9.79 Å². The second-order valence-electron chi connectivity index (χ2n) is 2.03. The zero-order chi connectivity index (χ0) is 8.97. The number of pyridine rings is 1. The summed E-state index contributed by atoms with van der Waals surface area (Å²) < 4.78 is 4.87. The Kier molecular flexibility index (Phi) is 2.53. The Morgan fingerprint density at radius 3 is 3.00 bits per heavy atom. The van der Waals surface area contributed by atoms with E-state index in [1.165, 1.54) is 13.3 Å². The average Bonchev–Trinajstić information content (AvgIpc) is 2.16. The number of carbonyl (C=O) groups is 1. The number of ether oxygens (including phenoxy) is 1. The maximum absolute atomic E-state index is 10.5. The summed E-state index contributed by atoms with van der Waals surface area (Å²) >= 11 is 0. The van der Waals surface area contributed by atoms with Crippen LogP contribution in [0.5, 0.6) is 5.88 Å². The Morgan fingerprint density at radius 2 is 2.50 bits per heavy atom. The van der Waals surface area contributed by atoms with Gasteiger partial charge in [0.05, 0.1) is 7.11 Å². The molecule has 0 saturated heterocycles. The molecule has 62 valence electrons. The third kappa shape index (κ3) is 1.32. The lowest BCUT2D eigenvalue weighted by Crippen LogP contribution is -1.90. The number of aromatic nitrogens is 1. The first-order valence-electron chi connectivity index (χ1n) is 3.28. The topological polar surface area (TPSA) is 51.5 Å². The zero-order valence-electron chi connectivity index (χ0n) is 6.65. The molecular formula is C8H8N2O2. The van der Waals surface area contributed by atoms with Gasteiger partial charge in [0.1, 0.15) is 5.69 Å². The lowest BCUT2D eigenvalue weighted by molar-refractivity contribution is 0.112. The van der Waals surface area contributed by atoms with Gasteiger partial charge in [-0.1, -0.05) is 0 Å². The molecule has 0 aromatic carbocycles. The highest BCUT2D eigenvalue weighted by Crippen LogP contribution is 2.26. The highest BCUT2D eigenvalue weighted by atomic mass is 16.5. The Morgan fingerprint density at radius 1 is 1.75 bits per heavy atom. The summed E-state index contributed by atoms with van der Waals surface area (Å²) in [6.45, 7) is 3.32. The number of aldehydes is 1. The first-order valence-corrected chi connectivity index (χ1v) is 3.28. The van der Waals surface area contributed by atoms with Gasteiger partial charge in [0, 0.05) is 11.8 Å². The van der Waals surface area contributed by atoms with E-state index in [1.54, 1.807) is 6.07 Å². The van der Waals surface area contributed by atoms with Crippen LogP contribution in [0.4, 0.5) is 5.69 Å². The number of carbonyl (C=O) groups excluding carboxylic acids is 1. The second kappa shape index (κ2) is 3.61. The van der Waals surface area contributed by atoms with Crippen LogP contribution >= 0.6 is 0 Å². The van der Waals surface area contributed by atoms with Gasteiger partial charge in [-0.2, -0.15) is 0 Å². The fourth-order valence-electron chi connectivity index (χ4n) is 0.852. The van der Waals surface area contributed by atoms with Gasteiger partial charge >= 0.3 is 0 Å². The molecule has 0 N–H and O–H groups in total. The van der Waals surface area contributed by atoms with Crippen molar-refractivity contribution in [3.63, 3.8) is 0 Å². The normalized spacial score (nSPS) is 9.08. The van der Waals surface area contributed by atoms with Crippen molar-refractivity contribution in [2.75, 3.05) is 7.11 Å². The van der Waals surface area contributed by atoms with Crippen LogP contribution < -0.4 is 4.74 Å². The minimum absolute atomic E-state index is 0.314. The lowest BCUT2D eigenvalue weighted by Gasteiger charge is -2.02. The van der Waals surface area contributed by atoms with Gasteiger partial charge in [0.25, 0.3) is 0 Å². The SMILES string of the molecule is C=Nc1c(C=O)ccnc1OC. The van der Waals surface area contributed by atoms with Gasteiger partial charge in [0.15, 0.2) is 6.29 Å². The van der Waals surface area contributed by atoms with E-state index in [0.29, 0.717) is 23.4 Å². The van der Waals surface area contributed by atoms with Crippen molar-refractivity contribution in [2.45, 2.75) is 0 Å². The van der Waals surface area contributed by atoms with Crippen LogP contribution in [0.15, 0.2) is 17.3 Å². The third-order valence-electron chi connectivity index (χ3n) is 1.40. The molecule has 0 atom stereocenters. The fraction of sp³-hybridized carbons (Fsp3) is 0.125. The first-order chi connectivity index (χ1) is 5.83. The molecule has 0 aliphatic heterocycles. The molecule has 0 aliphatic carbocycles. The summed E-state index contributed by atoms with van der Waals surface area (Å²) in [5, 5.41) is 0. The van der Waals surface area contributed by atoms with E-state index < -0.39 is 0 Å². The maximum atomic E-state index is 10.5. The van der Waals surface area contributed by atoms with E-state index in [2.05, 4.69) is 16.7 Å². The summed E-state index contributed by atoms with van der Waals surface area (Å²) in [4.78, 5) is 18.0. The molecule has 1 rings (SSSR count). The summed E-state index contributed by atoms with van der Waals surface area (Å²) in [5.41, 5.74) is 0.812. The molecular weight excluding hydrogens is 156 g/mol. The van der Waals surface area contributed by atoms with Crippen LogP contribution in [-0.2, 0) is 0 Å². The first kappa shape index (κ1) is 8.39. The Balaban J connectivity index is 3.31. The molecule has 1 aromatic heterocycles. The van der Waals surface area contributed by atoms with Crippen molar-refractivity contribution in [1.82, 2.24) is 4.98 Å². The van der Waals surface area contributed by atoms with Gasteiger partial charge < -0.3 is 4.74 Å². The minimum atomic E-state index is 0.314. The van der Waals surface area contributed by atoms with Gasteiger partial charge in [-0.05, 0) is 12.8 Å². The molecule has 1 aromatic rings. The monoisotopic (exact) mass is 164 g/mol. The molecule has 4 heteroatoms. The standard InChI is InChI=1S/C8H8N2O2/c1-9-7-6(5-11)3-4-10-8(7)12-2/h3-5H,1H2,2H3.